The van der Waals surface area contributed by atoms with Gasteiger partial charge in [0.05, 0.1) is 39.8 Å². The summed E-state index contributed by atoms with van der Waals surface area (Å²) in [5.74, 6) is 1.26. The van der Waals surface area contributed by atoms with E-state index in [1.165, 1.54) is 17.7 Å². The van der Waals surface area contributed by atoms with Gasteiger partial charge in [-0.1, -0.05) is 35.3 Å². The molecule has 1 amide bonds. The summed E-state index contributed by atoms with van der Waals surface area (Å²) in [6.07, 6.45) is 9.14. The van der Waals surface area contributed by atoms with Gasteiger partial charge in [-0.3, -0.25) is 4.79 Å². The molecular formula is C42H40Cl2FN7OS. The average molecular weight is 781 g/mol. The number of benzene rings is 2. The number of nitrogens with zero attached hydrogens (tertiary/aromatic N) is 6. The molecule has 12 rings (SSSR count). The fourth-order valence-corrected chi connectivity index (χ4v) is 11.9. The predicted molar refractivity (Wildman–Crippen MR) is 211 cm³/mol. The molecule has 1 N–H and O–H groups in total. The summed E-state index contributed by atoms with van der Waals surface area (Å²) in [4.78, 5) is 30.5. The van der Waals surface area contributed by atoms with Gasteiger partial charge >= 0.3 is 0 Å². The van der Waals surface area contributed by atoms with Crippen molar-refractivity contribution in [2.24, 2.45) is 17.8 Å². The Bertz CT molecular complexity index is 2430. The molecule has 8 nitrogen and oxygen atoms in total. The van der Waals surface area contributed by atoms with E-state index in [2.05, 4.69) is 38.0 Å². The standard InChI is InChI=1S/C42H40Cl2FN7OS/c1-20-28-15-32(39-25-12-26(51(39)41(53)22-9-10-22)19-50(18-25)42-48-17-33(54-42)21-7-8-21)52(38-24-14-31(38)47-16-24)40(28)29-13-23(4-3-11-46)34(36(45)37(29)49-20)27-5-2-6-30(43)35(27)44/h2,5-6,13,15,17,21-22,24-26,31,38-39,47H,3-4,7-10,12,14,16,18-19H2,1H3/t24-,25+,26-,31-,38+,39-/m1/s1. The fraction of sp³-hybridized carbons (Fsp3) is 0.476. The highest BCUT2D eigenvalue weighted by Crippen LogP contribution is 2.54. The Labute approximate surface area is 327 Å². The molecule has 7 fully saturated rings. The van der Waals surface area contributed by atoms with Crippen LogP contribution in [-0.4, -0.2) is 57.1 Å². The molecule has 6 atom stereocenters. The molecule has 0 unspecified atom stereocenters. The van der Waals surface area contributed by atoms with Crippen molar-refractivity contribution < 1.29 is 9.18 Å². The molecule has 3 aliphatic carbocycles. The first kappa shape index (κ1) is 33.6. The van der Waals surface area contributed by atoms with Crippen molar-refractivity contribution in [1.82, 2.24) is 24.8 Å². The Kier molecular flexibility index (Phi) is 7.70. The van der Waals surface area contributed by atoms with E-state index >= 15 is 4.39 Å². The monoisotopic (exact) mass is 779 g/mol. The van der Waals surface area contributed by atoms with Gasteiger partial charge in [0.15, 0.2) is 10.9 Å². The second-order valence-corrected chi connectivity index (χ2v) is 18.4. The van der Waals surface area contributed by atoms with Crippen LogP contribution in [0.4, 0.5) is 9.52 Å². The predicted octanol–water partition coefficient (Wildman–Crippen LogP) is 9.12. The lowest BCUT2D eigenvalue weighted by molar-refractivity contribution is -0.135. The van der Waals surface area contributed by atoms with Crippen molar-refractivity contribution in [3.05, 3.63) is 74.2 Å². The number of nitrogens with one attached hydrogen (secondary N) is 1. The number of amides is 1. The third kappa shape index (κ3) is 5.04. The summed E-state index contributed by atoms with van der Waals surface area (Å²) < 4.78 is 19.8. The van der Waals surface area contributed by atoms with Crippen LogP contribution in [0.25, 0.3) is 32.9 Å². The lowest BCUT2D eigenvalue weighted by atomic mass is 9.79. The van der Waals surface area contributed by atoms with Gasteiger partial charge in [0, 0.05) is 88.3 Å². The van der Waals surface area contributed by atoms with Crippen LogP contribution in [0.1, 0.15) is 84.8 Å². The number of aromatic nitrogens is 3. The highest BCUT2D eigenvalue weighted by molar-refractivity contribution is 7.15. The van der Waals surface area contributed by atoms with Crippen LogP contribution in [0.3, 0.4) is 0 Å². The number of carbonyl (C=O) groups is 1. The summed E-state index contributed by atoms with van der Waals surface area (Å²) in [6.45, 7) is 4.56. The van der Waals surface area contributed by atoms with Gasteiger partial charge in [0.25, 0.3) is 0 Å². The quantitative estimate of drug-likeness (QED) is 0.169. The molecule has 3 aromatic heterocycles. The summed E-state index contributed by atoms with van der Waals surface area (Å²) >= 11 is 15.0. The summed E-state index contributed by atoms with van der Waals surface area (Å²) in [7, 11) is 0. The van der Waals surface area contributed by atoms with Crippen LogP contribution >= 0.6 is 34.5 Å². The number of fused-ring (bicyclic) bond motifs is 6. The fourth-order valence-electron chi connectivity index (χ4n) is 10.4. The molecule has 5 aromatic rings. The van der Waals surface area contributed by atoms with Gasteiger partial charge < -0.3 is 19.7 Å². The number of hydrogen-bond donors (Lipinski definition) is 1. The van der Waals surface area contributed by atoms with Crippen LogP contribution in [0, 0.1) is 41.8 Å². The Morgan fingerprint density at radius 1 is 1.11 bits per heavy atom. The van der Waals surface area contributed by atoms with Gasteiger partial charge in [-0.05, 0) is 87.5 Å². The second kappa shape index (κ2) is 12.4. The molecule has 4 aliphatic heterocycles. The molecule has 4 saturated heterocycles. The zero-order valence-electron chi connectivity index (χ0n) is 30.0. The number of pyridine rings is 1. The highest BCUT2D eigenvalue weighted by atomic mass is 35.5. The van der Waals surface area contributed by atoms with E-state index in [9.17, 15) is 10.1 Å². The van der Waals surface area contributed by atoms with Gasteiger partial charge in [-0.15, -0.1) is 11.3 Å². The number of likely N-dealkylation sites (tertiary alicyclic amines) is 1. The molecule has 12 heteroatoms. The number of hydrogen-bond acceptors (Lipinski definition) is 7. The van der Waals surface area contributed by atoms with Crippen molar-refractivity contribution >= 4 is 67.4 Å². The van der Waals surface area contributed by atoms with Crippen molar-refractivity contribution in [2.75, 3.05) is 24.5 Å². The number of halogens is 3. The Morgan fingerprint density at radius 2 is 1.96 bits per heavy atom. The largest absolute Gasteiger partial charge is 0.346 e. The number of carbonyl (C=O) groups excluding carboxylic acids is 1. The first-order valence-electron chi connectivity index (χ1n) is 19.5. The number of anilines is 1. The van der Waals surface area contributed by atoms with Crippen LogP contribution in [0.2, 0.25) is 10.0 Å². The van der Waals surface area contributed by atoms with Crippen LogP contribution in [0.5, 0.6) is 0 Å². The third-order valence-electron chi connectivity index (χ3n) is 13.3. The molecule has 0 spiro atoms. The molecule has 7 aliphatic rings. The second-order valence-electron chi connectivity index (χ2n) is 16.6. The minimum absolute atomic E-state index is 0.0961. The average Bonchev–Trinajstić information content (AvgIpc) is 3.95. The van der Waals surface area contributed by atoms with Crippen molar-refractivity contribution in [3.8, 4) is 17.2 Å². The van der Waals surface area contributed by atoms with E-state index in [1.54, 1.807) is 18.2 Å². The number of rotatable bonds is 8. The summed E-state index contributed by atoms with van der Waals surface area (Å²) in [5.41, 5.74) is 4.70. The zero-order chi connectivity index (χ0) is 36.6. The molecule has 2 aromatic carbocycles. The molecule has 7 heterocycles. The third-order valence-corrected chi connectivity index (χ3v) is 15.3. The highest BCUT2D eigenvalue weighted by Gasteiger charge is 2.55. The van der Waals surface area contributed by atoms with Crippen molar-refractivity contribution in [2.45, 2.75) is 88.4 Å². The van der Waals surface area contributed by atoms with Crippen LogP contribution < -0.4 is 10.2 Å². The smallest absolute Gasteiger partial charge is 0.226 e. The van der Waals surface area contributed by atoms with E-state index in [-0.39, 0.29) is 52.8 Å². The first-order valence-corrected chi connectivity index (χ1v) is 21.1. The minimum atomic E-state index is -0.453. The maximum Gasteiger partial charge on any atom is 0.226 e. The molecule has 276 valence electrons. The number of nitriles is 1. The van der Waals surface area contributed by atoms with E-state index < -0.39 is 5.82 Å². The number of aryl methyl sites for hydroxylation is 2. The van der Waals surface area contributed by atoms with Gasteiger partial charge in [-0.25, -0.2) is 14.4 Å². The van der Waals surface area contributed by atoms with Crippen LogP contribution in [-0.2, 0) is 11.2 Å². The zero-order valence-corrected chi connectivity index (χ0v) is 32.3. The van der Waals surface area contributed by atoms with E-state index in [0.717, 1.165) is 78.1 Å². The van der Waals surface area contributed by atoms with E-state index in [0.29, 0.717) is 46.0 Å². The summed E-state index contributed by atoms with van der Waals surface area (Å²) in [6, 6.07) is 12.3. The van der Waals surface area contributed by atoms with Gasteiger partial charge in [0.2, 0.25) is 5.91 Å². The van der Waals surface area contributed by atoms with E-state index in [1.807, 2.05) is 24.3 Å². The lowest BCUT2D eigenvalue weighted by Gasteiger charge is -2.40. The normalized spacial score (nSPS) is 27.2. The van der Waals surface area contributed by atoms with Crippen molar-refractivity contribution in [3.63, 3.8) is 0 Å². The Morgan fingerprint density at radius 3 is 2.70 bits per heavy atom. The Hall–Kier alpha value is -3.75. The lowest BCUT2D eigenvalue weighted by Crippen LogP contribution is -2.45. The Balaban J connectivity index is 1.12. The SMILES string of the molecule is Cc1nc2c(F)c(-c3cccc(Cl)c3Cl)c(CCC#N)cc2c2c1cc([C@H]1[C@H]3C[C@H](CN(c4ncc(C5CC5)s4)C3)N1C(=O)C1CC1)n2[C@H]1[C@H]2CN[C@@H]1C2. The maximum atomic E-state index is 17.3. The summed E-state index contributed by atoms with van der Waals surface area (Å²) in [5, 5.41) is 16.9. The molecule has 3 saturated carbocycles. The van der Waals surface area contributed by atoms with E-state index in [4.69, 9.17) is 33.2 Å². The molecule has 4 bridgehead atoms. The molecule has 0 radical (unpaired) electrons. The van der Waals surface area contributed by atoms with Crippen molar-refractivity contribution in [1.29, 1.82) is 5.26 Å². The number of thiazole rings is 1. The first-order chi connectivity index (χ1) is 26.3. The van der Waals surface area contributed by atoms with Crippen LogP contribution in [0.15, 0.2) is 36.5 Å². The minimum Gasteiger partial charge on any atom is -0.346 e. The number of piperidine rings is 1. The topological polar surface area (TPSA) is 90.1 Å². The van der Waals surface area contributed by atoms with Gasteiger partial charge in [0.1, 0.15) is 5.52 Å². The van der Waals surface area contributed by atoms with Gasteiger partial charge in [-0.2, -0.15) is 5.26 Å². The molecular weight excluding hydrogens is 740 g/mol. The molecule has 54 heavy (non-hydrogen) atoms. The maximum absolute atomic E-state index is 17.3.